The molecule has 0 atom stereocenters. The maximum atomic E-state index is 13.2. The highest BCUT2D eigenvalue weighted by molar-refractivity contribution is 5.81. The van der Waals surface area contributed by atoms with Crippen LogP contribution in [0, 0.1) is 11.6 Å². The van der Waals surface area contributed by atoms with Gasteiger partial charge in [0, 0.05) is 6.08 Å². The van der Waals surface area contributed by atoms with Gasteiger partial charge in [-0.2, -0.15) is 0 Å². The second-order valence-corrected chi connectivity index (χ2v) is 4.08. The van der Waals surface area contributed by atoms with Crippen molar-refractivity contribution in [3.63, 3.8) is 0 Å². The molecule has 0 fully saturated rings. The monoisotopic (exact) mass is 290 g/mol. The average Bonchev–Trinajstić information content (AvgIpc) is 2.50. The summed E-state index contributed by atoms with van der Waals surface area (Å²) in [5, 5.41) is 0. The molecular formula is C16H12F2O3. The lowest BCUT2D eigenvalue weighted by Crippen LogP contribution is -2.07. The van der Waals surface area contributed by atoms with Crippen LogP contribution in [-0.4, -0.2) is 12.8 Å². The third-order valence-corrected chi connectivity index (χ3v) is 2.70. The van der Waals surface area contributed by atoms with Crippen LogP contribution >= 0.6 is 0 Å². The Morgan fingerprint density at radius 2 is 1.71 bits per heavy atom. The Morgan fingerprint density at radius 3 is 2.33 bits per heavy atom. The summed E-state index contributed by atoms with van der Waals surface area (Å²) >= 11 is 0. The van der Waals surface area contributed by atoms with Gasteiger partial charge in [0.15, 0.2) is 11.6 Å². The number of esters is 1. The van der Waals surface area contributed by atoms with Crippen molar-refractivity contribution in [1.82, 2.24) is 0 Å². The highest BCUT2D eigenvalue weighted by Gasteiger charge is 2.05. The summed E-state index contributed by atoms with van der Waals surface area (Å²) in [7, 11) is 0. The van der Waals surface area contributed by atoms with E-state index in [1.54, 1.807) is 24.3 Å². The van der Waals surface area contributed by atoms with Crippen LogP contribution in [0.15, 0.2) is 55.1 Å². The fourth-order valence-electron chi connectivity index (χ4n) is 1.63. The first-order valence-corrected chi connectivity index (χ1v) is 6.07. The fourth-order valence-corrected chi connectivity index (χ4v) is 1.63. The molecule has 0 aromatic heterocycles. The highest BCUT2D eigenvalue weighted by atomic mass is 19.2. The van der Waals surface area contributed by atoms with Crippen LogP contribution in [0.1, 0.15) is 0 Å². The van der Waals surface area contributed by atoms with Gasteiger partial charge in [0.1, 0.15) is 5.75 Å². The van der Waals surface area contributed by atoms with Gasteiger partial charge in [-0.05, 0) is 35.4 Å². The van der Waals surface area contributed by atoms with Crippen LogP contribution in [0.4, 0.5) is 8.78 Å². The van der Waals surface area contributed by atoms with Crippen LogP contribution in [-0.2, 0) is 9.53 Å². The Kier molecular flexibility index (Phi) is 4.66. The largest absolute Gasteiger partial charge is 0.457 e. The third kappa shape index (κ3) is 3.89. The Labute approximate surface area is 120 Å². The minimum absolute atomic E-state index is 0.227. The van der Waals surface area contributed by atoms with Gasteiger partial charge in [-0.1, -0.05) is 24.8 Å². The molecule has 0 unspecified atom stereocenters. The number of rotatable bonds is 5. The second kappa shape index (κ2) is 6.65. The molecule has 2 aromatic rings. The van der Waals surface area contributed by atoms with E-state index in [0.29, 0.717) is 16.9 Å². The Morgan fingerprint density at radius 1 is 1.05 bits per heavy atom. The van der Waals surface area contributed by atoms with Crippen molar-refractivity contribution in [3.8, 4) is 16.9 Å². The van der Waals surface area contributed by atoms with Crippen LogP contribution < -0.4 is 4.74 Å². The minimum atomic E-state index is -0.899. The third-order valence-electron chi connectivity index (χ3n) is 2.70. The Hall–Kier alpha value is -2.69. The Bertz CT molecular complexity index is 651. The SMILES string of the molecule is C=CC(=O)OCOc1ccc(-c2ccc(F)c(F)c2)cc1. The van der Waals surface area contributed by atoms with Crippen molar-refractivity contribution in [2.45, 2.75) is 0 Å². The van der Waals surface area contributed by atoms with Crippen molar-refractivity contribution in [2.75, 3.05) is 6.79 Å². The lowest BCUT2D eigenvalue weighted by Gasteiger charge is -2.07. The normalized spacial score (nSPS) is 10.0. The fraction of sp³-hybridized carbons (Fsp3) is 0.0625. The van der Waals surface area contributed by atoms with Gasteiger partial charge in [0.25, 0.3) is 0 Å². The van der Waals surface area contributed by atoms with Crippen molar-refractivity contribution in [3.05, 3.63) is 66.8 Å². The van der Waals surface area contributed by atoms with E-state index in [1.807, 2.05) is 0 Å². The van der Waals surface area contributed by atoms with Crippen molar-refractivity contribution < 1.29 is 23.0 Å². The lowest BCUT2D eigenvalue weighted by atomic mass is 10.1. The number of hydrogen-bond donors (Lipinski definition) is 0. The van der Waals surface area contributed by atoms with E-state index in [4.69, 9.17) is 4.74 Å². The molecule has 3 nitrogen and oxygen atoms in total. The minimum Gasteiger partial charge on any atom is -0.457 e. The van der Waals surface area contributed by atoms with Gasteiger partial charge in [0.05, 0.1) is 0 Å². The Balaban J connectivity index is 2.03. The first-order valence-electron chi connectivity index (χ1n) is 6.07. The van der Waals surface area contributed by atoms with Gasteiger partial charge < -0.3 is 9.47 Å². The van der Waals surface area contributed by atoms with Crippen LogP contribution in [0.3, 0.4) is 0 Å². The second-order valence-electron chi connectivity index (χ2n) is 4.08. The maximum absolute atomic E-state index is 13.2. The maximum Gasteiger partial charge on any atom is 0.333 e. The summed E-state index contributed by atoms with van der Waals surface area (Å²) in [5.41, 5.74) is 1.27. The number of halogens is 2. The molecule has 0 bridgehead atoms. The van der Waals surface area contributed by atoms with Crippen molar-refractivity contribution in [1.29, 1.82) is 0 Å². The van der Waals surface area contributed by atoms with Crippen LogP contribution in [0.25, 0.3) is 11.1 Å². The quantitative estimate of drug-likeness (QED) is 0.478. The van der Waals surface area contributed by atoms with E-state index in [0.717, 1.165) is 18.2 Å². The molecule has 2 rings (SSSR count). The summed E-state index contributed by atoms with van der Waals surface area (Å²) in [5.74, 6) is -1.88. The summed E-state index contributed by atoms with van der Waals surface area (Å²) < 4.78 is 35.9. The standard InChI is InChI=1S/C16H12F2O3/c1-2-16(19)21-10-20-13-6-3-11(4-7-13)12-5-8-14(17)15(18)9-12/h2-9H,1,10H2. The smallest absolute Gasteiger partial charge is 0.333 e. The zero-order valence-corrected chi connectivity index (χ0v) is 11.0. The van der Waals surface area contributed by atoms with Crippen LogP contribution in [0.2, 0.25) is 0 Å². The molecule has 0 radical (unpaired) electrons. The summed E-state index contributed by atoms with van der Waals surface area (Å²) in [4.78, 5) is 10.8. The summed E-state index contributed by atoms with van der Waals surface area (Å²) in [6, 6.07) is 10.3. The van der Waals surface area contributed by atoms with E-state index < -0.39 is 17.6 Å². The molecule has 0 amide bonds. The molecule has 0 aliphatic heterocycles. The van der Waals surface area contributed by atoms with Gasteiger partial charge in [-0.25, -0.2) is 13.6 Å². The topological polar surface area (TPSA) is 35.5 Å². The number of hydrogen-bond acceptors (Lipinski definition) is 3. The molecule has 0 saturated heterocycles. The lowest BCUT2D eigenvalue weighted by molar-refractivity contribution is -0.144. The van der Waals surface area contributed by atoms with Gasteiger partial charge in [-0.3, -0.25) is 0 Å². The zero-order valence-electron chi connectivity index (χ0n) is 11.0. The van der Waals surface area contributed by atoms with Gasteiger partial charge in [0.2, 0.25) is 6.79 Å². The summed E-state index contributed by atoms with van der Waals surface area (Å²) in [6.07, 6.45) is 1.04. The molecular weight excluding hydrogens is 278 g/mol. The molecule has 5 heteroatoms. The molecule has 2 aromatic carbocycles. The number of ether oxygens (including phenoxy) is 2. The highest BCUT2D eigenvalue weighted by Crippen LogP contribution is 2.24. The van der Waals surface area contributed by atoms with Gasteiger partial charge in [-0.15, -0.1) is 0 Å². The molecule has 0 saturated carbocycles. The molecule has 108 valence electrons. The zero-order chi connectivity index (χ0) is 15.2. The first-order chi connectivity index (χ1) is 10.1. The van der Waals surface area contributed by atoms with E-state index >= 15 is 0 Å². The van der Waals surface area contributed by atoms with Gasteiger partial charge >= 0.3 is 5.97 Å². The molecule has 0 N–H and O–H groups in total. The molecule has 21 heavy (non-hydrogen) atoms. The molecule has 0 aliphatic rings. The van der Waals surface area contributed by atoms with Crippen molar-refractivity contribution in [2.24, 2.45) is 0 Å². The van der Waals surface area contributed by atoms with E-state index in [-0.39, 0.29) is 6.79 Å². The van der Waals surface area contributed by atoms with Crippen LogP contribution in [0.5, 0.6) is 5.75 Å². The number of benzene rings is 2. The molecule has 0 aliphatic carbocycles. The van der Waals surface area contributed by atoms with E-state index in [2.05, 4.69) is 11.3 Å². The molecule has 0 heterocycles. The molecule has 0 spiro atoms. The average molecular weight is 290 g/mol. The van der Waals surface area contributed by atoms with E-state index in [9.17, 15) is 13.6 Å². The predicted molar refractivity (Wildman–Crippen MR) is 73.6 cm³/mol. The summed E-state index contributed by atoms with van der Waals surface area (Å²) in [6.45, 7) is 3.03. The van der Waals surface area contributed by atoms with Crippen molar-refractivity contribution >= 4 is 5.97 Å². The number of carbonyl (C=O) groups excluding carboxylic acids is 1. The number of carbonyl (C=O) groups is 1. The van der Waals surface area contributed by atoms with E-state index in [1.165, 1.54) is 6.07 Å². The first kappa shape index (κ1) is 14.7. The predicted octanol–water partition coefficient (Wildman–Crippen LogP) is 3.70.